The fourth-order valence-corrected chi connectivity index (χ4v) is 2.69. The van der Waals surface area contributed by atoms with Crippen LogP contribution in [0.3, 0.4) is 0 Å². The molecule has 1 fully saturated rings. The van der Waals surface area contributed by atoms with Crippen molar-refractivity contribution < 1.29 is 0 Å². The number of hydrogen-bond acceptors (Lipinski definition) is 4. The third kappa shape index (κ3) is 4.06. The standard InChI is InChI=1S/C17H19ClN4/c18-16-13-19-14-17(20-16)22-11-9-21(10-12-22)8-4-7-15-5-2-1-3-6-15/h1-7,13-14H,8-12H2/b7-4+. The minimum absolute atomic E-state index is 0.450. The molecule has 0 radical (unpaired) electrons. The maximum atomic E-state index is 5.90. The summed E-state index contributed by atoms with van der Waals surface area (Å²) in [6, 6.07) is 10.4. The van der Waals surface area contributed by atoms with E-state index < -0.39 is 0 Å². The van der Waals surface area contributed by atoms with Crippen LogP contribution in [0.5, 0.6) is 0 Å². The van der Waals surface area contributed by atoms with E-state index in [9.17, 15) is 0 Å². The average molecular weight is 315 g/mol. The van der Waals surface area contributed by atoms with Gasteiger partial charge in [-0.05, 0) is 5.56 Å². The largest absolute Gasteiger partial charge is 0.353 e. The van der Waals surface area contributed by atoms with E-state index in [1.807, 2.05) is 6.07 Å². The van der Waals surface area contributed by atoms with Crippen molar-refractivity contribution in [2.45, 2.75) is 0 Å². The number of piperazine rings is 1. The Kier molecular flexibility index (Phi) is 5.03. The van der Waals surface area contributed by atoms with Crippen molar-refractivity contribution >= 4 is 23.5 Å². The lowest BCUT2D eigenvalue weighted by Crippen LogP contribution is -2.46. The van der Waals surface area contributed by atoms with Crippen LogP contribution in [0.2, 0.25) is 5.15 Å². The first kappa shape index (κ1) is 15.0. The van der Waals surface area contributed by atoms with Gasteiger partial charge in [0.25, 0.3) is 0 Å². The molecule has 2 aromatic rings. The Morgan fingerprint density at radius 2 is 1.82 bits per heavy atom. The molecule has 4 nitrogen and oxygen atoms in total. The van der Waals surface area contributed by atoms with E-state index in [1.54, 1.807) is 12.4 Å². The fourth-order valence-electron chi connectivity index (χ4n) is 2.55. The molecule has 3 rings (SSSR count). The molecule has 0 saturated carbocycles. The Morgan fingerprint density at radius 3 is 2.55 bits per heavy atom. The van der Waals surface area contributed by atoms with Crippen molar-refractivity contribution in [1.82, 2.24) is 14.9 Å². The molecular formula is C17H19ClN4. The van der Waals surface area contributed by atoms with Gasteiger partial charge in [-0.3, -0.25) is 9.88 Å². The van der Waals surface area contributed by atoms with E-state index in [0.717, 1.165) is 38.5 Å². The van der Waals surface area contributed by atoms with E-state index in [2.05, 4.69) is 56.2 Å². The Labute approximate surface area is 136 Å². The van der Waals surface area contributed by atoms with Crippen molar-refractivity contribution in [3.05, 3.63) is 59.5 Å². The first-order valence-electron chi connectivity index (χ1n) is 7.48. The Balaban J connectivity index is 1.49. The summed E-state index contributed by atoms with van der Waals surface area (Å²) in [5, 5.41) is 0.450. The lowest BCUT2D eigenvalue weighted by Gasteiger charge is -2.34. The highest BCUT2D eigenvalue weighted by molar-refractivity contribution is 6.29. The van der Waals surface area contributed by atoms with Crippen LogP contribution in [0.15, 0.2) is 48.8 Å². The third-order valence-electron chi connectivity index (χ3n) is 3.76. The van der Waals surface area contributed by atoms with Gasteiger partial charge >= 0.3 is 0 Å². The van der Waals surface area contributed by atoms with Gasteiger partial charge in [0.15, 0.2) is 0 Å². The van der Waals surface area contributed by atoms with Crippen LogP contribution < -0.4 is 4.90 Å². The number of anilines is 1. The van der Waals surface area contributed by atoms with Gasteiger partial charge in [0.05, 0.1) is 12.4 Å². The second-order valence-corrected chi connectivity index (χ2v) is 5.69. The quantitative estimate of drug-likeness (QED) is 0.868. The number of benzene rings is 1. The minimum Gasteiger partial charge on any atom is -0.353 e. The van der Waals surface area contributed by atoms with Gasteiger partial charge < -0.3 is 4.90 Å². The summed E-state index contributed by atoms with van der Waals surface area (Å²) in [7, 11) is 0. The normalized spacial score (nSPS) is 16.3. The average Bonchev–Trinajstić information content (AvgIpc) is 2.56. The van der Waals surface area contributed by atoms with E-state index in [4.69, 9.17) is 11.6 Å². The Morgan fingerprint density at radius 1 is 1.05 bits per heavy atom. The second kappa shape index (κ2) is 7.38. The van der Waals surface area contributed by atoms with Crippen LogP contribution in [0.25, 0.3) is 6.08 Å². The molecule has 0 unspecified atom stereocenters. The number of rotatable bonds is 4. The predicted molar refractivity (Wildman–Crippen MR) is 91.2 cm³/mol. The molecular weight excluding hydrogens is 296 g/mol. The van der Waals surface area contributed by atoms with Crippen molar-refractivity contribution in [3.63, 3.8) is 0 Å². The SMILES string of the molecule is Clc1cncc(N2CCN(C/C=C/c3ccccc3)CC2)n1. The molecule has 1 aromatic heterocycles. The molecule has 22 heavy (non-hydrogen) atoms. The Bertz CT molecular complexity index is 622. The zero-order valence-electron chi connectivity index (χ0n) is 12.4. The number of hydrogen-bond donors (Lipinski definition) is 0. The molecule has 0 aliphatic carbocycles. The summed E-state index contributed by atoms with van der Waals surface area (Å²) in [5.41, 5.74) is 1.25. The lowest BCUT2D eigenvalue weighted by molar-refractivity contribution is 0.283. The zero-order chi connectivity index (χ0) is 15.2. The van der Waals surface area contributed by atoms with E-state index in [0.29, 0.717) is 5.15 Å². The highest BCUT2D eigenvalue weighted by atomic mass is 35.5. The summed E-state index contributed by atoms with van der Waals surface area (Å²) in [6.45, 7) is 4.92. The second-order valence-electron chi connectivity index (χ2n) is 5.30. The molecule has 0 amide bonds. The van der Waals surface area contributed by atoms with Gasteiger partial charge in [0, 0.05) is 32.7 Å². The number of aromatic nitrogens is 2. The molecule has 1 aromatic carbocycles. The highest BCUT2D eigenvalue weighted by Gasteiger charge is 2.17. The first-order chi connectivity index (χ1) is 10.8. The number of halogens is 1. The van der Waals surface area contributed by atoms with Gasteiger partial charge in [-0.25, -0.2) is 4.98 Å². The first-order valence-corrected chi connectivity index (χ1v) is 7.85. The monoisotopic (exact) mass is 314 g/mol. The molecule has 1 saturated heterocycles. The molecule has 1 aliphatic rings. The fraction of sp³-hybridized carbons (Fsp3) is 0.294. The van der Waals surface area contributed by atoms with E-state index in [-0.39, 0.29) is 0 Å². The zero-order valence-corrected chi connectivity index (χ0v) is 13.2. The predicted octanol–water partition coefficient (Wildman–Crippen LogP) is 2.97. The van der Waals surface area contributed by atoms with Crippen molar-refractivity contribution in [1.29, 1.82) is 0 Å². The van der Waals surface area contributed by atoms with Crippen LogP contribution in [0, 0.1) is 0 Å². The van der Waals surface area contributed by atoms with Crippen LogP contribution >= 0.6 is 11.6 Å². The molecule has 0 N–H and O–H groups in total. The smallest absolute Gasteiger partial charge is 0.149 e. The van der Waals surface area contributed by atoms with Crippen LogP contribution in [0.4, 0.5) is 5.82 Å². The maximum Gasteiger partial charge on any atom is 0.149 e. The van der Waals surface area contributed by atoms with Crippen LogP contribution in [-0.4, -0.2) is 47.6 Å². The molecule has 2 heterocycles. The van der Waals surface area contributed by atoms with Gasteiger partial charge in [0.2, 0.25) is 0 Å². The van der Waals surface area contributed by atoms with Gasteiger partial charge in [-0.1, -0.05) is 54.1 Å². The van der Waals surface area contributed by atoms with Gasteiger partial charge in [0.1, 0.15) is 11.0 Å². The third-order valence-corrected chi connectivity index (χ3v) is 3.94. The summed E-state index contributed by atoms with van der Waals surface area (Å²) in [5.74, 6) is 0.868. The molecule has 0 spiro atoms. The Hall–Kier alpha value is -1.91. The van der Waals surface area contributed by atoms with E-state index in [1.165, 1.54) is 5.56 Å². The lowest BCUT2D eigenvalue weighted by atomic mass is 10.2. The van der Waals surface area contributed by atoms with Crippen molar-refractivity contribution in [2.24, 2.45) is 0 Å². The summed E-state index contributed by atoms with van der Waals surface area (Å²) < 4.78 is 0. The van der Waals surface area contributed by atoms with Crippen molar-refractivity contribution in [2.75, 3.05) is 37.6 Å². The summed E-state index contributed by atoms with van der Waals surface area (Å²) in [6.07, 6.45) is 7.74. The van der Waals surface area contributed by atoms with Crippen LogP contribution in [0.1, 0.15) is 5.56 Å². The number of nitrogens with zero attached hydrogens (tertiary/aromatic N) is 4. The van der Waals surface area contributed by atoms with Crippen molar-refractivity contribution in [3.8, 4) is 0 Å². The minimum atomic E-state index is 0.450. The van der Waals surface area contributed by atoms with Crippen LogP contribution in [-0.2, 0) is 0 Å². The maximum absolute atomic E-state index is 5.90. The summed E-state index contributed by atoms with van der Waals surface area (Å²) >= 11 is 5.90. The highest BCUT2D eigenvalue weighted by Crippen LogP contribution is 2.14. The molecule has 114 valence electrons. The summed E-state index contributed by atoms with van der Waals surface area (Å²) in [4.78, 5) is 13.1. The molecule has 5 heteroatoms. The van der Waals surface area contributed by atoms with Gasteiger partial charge in [-0.15, -0.1) is 0 Å². The molecule has 1 aliphatic heterocycles. The molecule has 0 atom stereocenters. The van der Waals surface area contributed by atoms with E-state index >= 15 is 0 Å². The van der Waals surface area contributed by atoms with Gasteiger partial charge in [-0.2, -0.15) is 0 Å². The molecule has 0 bridgehead atoms. The topological polar surface area (TPSA) is 32.3 Å².